The SMILES string of the molecule is COc1ccc([Si](C)(c2ccc(OC)cc2)c2cccc3c2Cc2c-3cccc2[Si](C)(c2ccc(C)cc2)c2ccc(C)cc2)cc1. The lowest BCUT2D eigenvalue weighted by Gasteiger charge is -2.32. The molecule has 0 atom stereocenters. The van der Waals surface area contributed by atoms with E-state index in [0.29, 0.717) is 0 Å². The summed E-state index contributed by atoms with van der Waals surface area (Å²) in [4.78, 5) is 0. The molecule has 234 valence electrons. The van der Waals surface area contributed by atoms with Crippen LogP contribution in [-0.2, 0) is 6.42 Å². The number of fused-ring (bicyclic) bond motifs is 3. The minimum atomic E-state index is -2.45. The van der Waals surface area contributed by atoms with Crippen molar-refractivity contribution in [2.45, 2.75) is 33.4 Å². The fourth-order valence-electron chi connectivity index (χ4n) is 7.75. The van der Waals surface area contributed by atoms with Crippen molar-refractivity contribution in [3.05, 3.63) is 156 Å². The van der Waals surface area contributed by atoms with Crippen molar-refractivity contribution in [2.75, 3.05) is 14.2 Å². The predicted octanol–water partition coefficient (Wildman–Crippen LogP) is 6.09. The molecular weight excluding hydrogens is 605 g/mol. The Hall–Kier alpha value is -4.65. The molecule has 47 heavy (non-hydrogen) atoms. The van der Waals surface area contributed by atoms with Crippen LogP contribution < -0.4 is 40.6 Å². The zero-order valence-electron chi connectivity index (χ0n) is 28.2. The van der Waals surface area contributed by atoms with E-state index < -0.39 is 16.1 Å². The summed E-state index contributed by atoms with van der Waals surface area (Å²) >= 11 is 0. The van der Waals surface area contributed by atoms with Crippen molar-refractivity contribution >= 4 is 47.3 Å². The number of aryl methyl sites for hydroxylation is 2. The average Bonchev–Trinajstić information content (AvgIpc) is 3.51. The highest BCUT2D eigenvalue weighted by molar-refractivity contribution is 7.11. The summed E-state index contributed by atoms with van der Waals surface area (Å²) in [5.74, 6) is 1.76. The Morgan fingerprint density at radius 3 is 1.06 bits per heavy atom. The van der Waals surface area contributed by atoms with Crippen molar-refractivity contribution < 1.29 is 9.47 Å². The van der Waals surface area contributed by atoms with E-state index in [9.17, 15) is 0 Å². The van der Waals surface area contributed by atoms with Crippen molar-refractivity contribution in [2.24, 2.45) is 0 Å². The zero-order chi connectivity index (χ0) is 32.8. The lowest BCUT2D eigenvalue weighted by atomic mass is 10.1. The van der Waals surface area contributed by atoms with Crippen LogP contribution in [0.25, 0.3) is 11.1 Å². The van der Waals surface area contributed by atoms with E-state index in [1.54, 1.807) is 14.2 Å². The number of ether oxygens (including phenoxy) is 2. The van der Waals surface area contributed by atoms with Gasteiger partial charge in [0.15, 0.2) is 0 Å². The number of hydrogen-bond acceptors (Lipinski definition) is 2. The first-order valence-electron chi connectivity index (χ1n) is 16.5. The molecule has 0 unspecified atom stereocenters. The van der Waals surface area contributed by atoms with Gasteiger partial charge in [-0.3, -0.25) is 0 Å². The van der Waals surface area contributed by atoms with Crippen molar-refractivity contribution in [1.29, 1.82) is 0 Å². The summed E-state index contributed by atoms with van der Waals surface area (Å²) in [6, 6.07) is 50.3. The number of methoxy groups -OCH3 is 2. The monoisotopic (exact) mass is 646 g/mol. The number of rotatable bonds is 8. The molecule has 2 nitrogen and oxygen atoms in total. The molecule has 0 bridgehead atoms. The van der Waals surface area contributed by atoms with Gasteiger partial charge < -0.3 is 9.47 Å². The maximum atomic E-state index is 5.57. The summed E-state index contributed by atoms with van der Waals surface area (Å²) in [5.41, 5.74) is 8.32. The van der Waals surface area contributed by atoms with E-state index in [2.05, 4.69) is 160 Å². The van der Waals surface area contributed by atoms with E-state index in [0.717, 1.165) is 17.9 Å². The molecule has 1 aliphatic carbocycles. The largest absolute Gasteiger partial charge is 0.497 e. The molecule has 0 spiro atoms. The third kappa shape index (κ3) is 5.17. The molecule has 0 amide bonds. The average molecular weight is 647 g/mol. The normalized spacial score (nSPS) is 12.4. The molecule has 0 radical (unpaired) electrons. The van der Waals surface area contributed by atoms with Crippen molar-refractivity contribution in [1.82, 2.24) is 0 Å². The lowest BCUT2D eigenvalue weighted by Crippen LogP contribution is -2.66. The highest BCUT2D eigenvalue weighted by Crippen LogP contribution is 2.36. The first-order chi connectivity index (χ1) is 22.8. The van der Waals surface area contributed by atoms with Gasteiger partial charge in [-0.15, -0.1) is 0 Å². The minimum absolute atomic E-state index is 0.881. The third-order valence-corrected chi connectivity index (χ3v) is 19.7. The molecule has 0 fully saturated rings. The van der Waals surface area contributed by atoms with Gasteiger partial charge >= 0.3 is 0 Å². The van der Waals surface area contributed by atoms with E-state index in [1.165, 1.54) is 64.5 Å². The Morgan fingerprint density at radius 2 is 0.745 bits per heavy atom. The fraction of sp³-hybridized carbons (Fsp3) is 0.163. The second-order valence-electron chi connectivity index (χ2n) is 13.3. The third-order valence-electron chi connectivity index (χ3n) is 10.7. The smallest absolute Gasteiger partial charge is 0.145 e. The van der Waals surface area contributed by atoms with E-state index in [-0.39, 0.29) is 0 Å². The highest BCUT2D eigenvalue weighted by atomic mass is 28.3. The van der Waals surface area contributed by atoms with Crippen LogP contribution in [0.4, 0.5) is 0 Å². The van der Waals surface area contributed by atoms with Crippen LogP contribution in [0.5, 0.6) is 11.5 Å². The van der Waals surface area contributed by atoms with Crippen LogP contribution in [0.3, 0.4) is 0 Å². The highest BCUT2D eigenvalue weighted by Gasteiger charge is 2.41. The Morgan fingerprint density at radius 1 is 0.426 bits per heavy atom. The Bertz CT molecular complexity index is 1950. The van der Waals surface area contributed by atoms with Gasteiger partial charge in [0.2, 0.25) is 0 Å². The van der Waals surface area contributed by atoms with Crippen molar-refractivity contribution in [3.8, 4) is 22.6 Å². The van der Waals surface area contributed by atoms with E-state index >= 15 is 0 Å². The molecule has 6 aromatic rings. The predicted molar refractivity (Wildman–Crippen MR) is 204 cm³/mol. The molecule has 0 N–H and O–H groups in total. The molecule has 0 heterocycles. The van der Waals surface area contributed by atoms with Crippen LogP contribution in [0, 0.1) is 13.8 Å². The second kappa shape index (κ2) is 12.2. The Kier molecular flexibility index (Phi) is 8.03. The standard InChI is InChI=1S/C43H42O2Si2/c1-30-13-21-34(22-14-30)46(5,35-23-15-31(2)16-24-35)42-11-7-9-38-39-10-8-12-43(41(39)29-40(38)42)47(6,36-25-17-32(44-3)18-26-36)37-27-19-33(45-4)20-28-37/h7-28H,29H2,1-6H3. The Balaban J connectivity index is 1.43. The molecule has 0 aliphatic heterocycles. The summed E-state index contributed by atoms with van der Waals surface area (Å²) in [5, 5.41) is 8.63. The first-order valence-corrected chi connectivity index (χ1v) is 21.5. The molecule has 0 saturated heterocycles. The number of benzene rings is 6. The molecular formula is C43H42O2Si2. The van der Waals surface area contributed by atoms with Crippen LogP contribution >= 0.6 is 0 Å². The molecule has 4 heteroatoms. The van der Waals surface area contributed by atoms with Gasteiger partial charge in [0.25, 0.3) is 0 Å². The molecule has 0 aromatic heterocycles. The summed E-state index contributed by atoms with van der Waals surface area (Å²) < 4.78 is 11.1. The second-order valence-corrected chi connectivity index (χ2v) is 21.2. The number of hydrogen-bond donors (Lipinski definition) is 0. The topological polar surface area (TPSA) is 18.5 Å². The van der Waals surface area contributed by atoms with Gasteiger partial charge in [0.1, 0.15) is 27.6 Å². The van der Waals surface area contributed by atoms with E-state index in [1.807, 2.05) is 0 Å². The Labute approximate surface area is 281 Å². The lowest BCUT2D eigenvalue weighted by molar-refractivity contribution is 0.415. The maximum absolute atomic E-state index is 5.57. The van der Waals surface area contributed by atoms with Gasteiger partial charge in [-0.1, -0.05) is 133 Å². The van der Waals surface area contributed by atoms with Crippen LogP contribution in [0.1, 0.15) is 22.3 Å². The van der Waals surface area contributed by atoms with Crippen LogP contribution in [0.2, 0.25) is 13.1 Å². The van der Waals surface area contributed by atoms with Crippen LogP contribution in [0.15, 0.2) is 133 Å². The van der Waals surface area contributed by atoms with Gasteiger partial charge in [-0.05, 0) is 97.9 Å². The maximum Gasteiger partial charge on any atom is 0.145 e. The molecule has 6 aromatic carbocycles. The van der Waals surface area contributed by atoms with Crippen molar-refractivity contribution in [3.63, 3.8) is 0 Å². The van der Waals surface area contributed by atoms with E-state index in [4.69, 9.17) is 9.47 Å². The summed E-state index contributed by atoms with van der Waals surface area (Å²) in [6.07, 6.45) is 0.937. The molecule has 1 aliphatic rings. The van der Waals surface area contributed by atoms with Gasteiger partial charge in [-0.25, -0.2) is 0 Å². The molecule has 7 rings (SSSR count). The molecule has 0 saturated carbocycles. The zero-order valence-corrected chi connectivity index (χ0v) is 30.2. The first kappa shape index (κ1) is 31.0. The van der Waals surface area contributed by atoms with Crippen LogP contribution in [-0.4, -0.2) is 30.4 Å². The fourth-order valence-corrected chi connectivity index (χ4v) is 15.5. The minimum Gasteiger partial charge on any atom is -0.497 e. The quantitative estimate of drug-likeness (QED) is 0.147. The van der Waals surface area contributed by atoms with Gasteiger partial charge in [-0.2, -0.15) is 0 Å². The van der Waals surface area contributed by atoms with Gasteiger partial charge in [0, 0.05) is 0 Å². The summed E-state index contributed by atoms with van der Waals surface area (Å²) in [7, 11) is -1.33. The summed E-state index contributed by atoms with van der Waals surface area (Å²) in [6.45, 7) is 9.42. The van der Waals surface area contributed by atoms with Gasteiger partial charge in [0.05, 0.1) is 14.2 Å².